The molecule has 0 aromatic rings. The first-order valence-corrected chi connectivity index (χ1v) is 7.29. The summed E-state index contributed by atoms with van der Waals surface area (Å²) < 4.78 is 0. The molecule has 1 amide bonds. The molecule has 0 radical (unpaired) electrons. The molecular weight excluding hydrogens is 224 g/mol. The van der Waals surface area contributed by atoms with Crippen LogP contribution in [-0.4, -0.2) is 28.9 Å². The molecule has 108 valence electrons. The van der Waals surface area contributed by atoms with Crippen molar-refractivity contribution in [1.82, 2.24) is 4.90 Å². The Morgan fingerprint density at radius 2 is 1.72 bits per heavy atom. The molecule has 0 spiro atoms. The van der Waals surface area contributed by atoms with Gasteiger partial charge in [-0.15, -0.1) is 0 Å². The van der Waals surface area contributed by atoms with Crippen LogP contribution in [0.3, 0.4) is 0 Å². The highest BCUT2D eigenvalue weighted by Gasteiger charge is 2.23. The predicted molar refractivity (Wildman–Crippen MR) is 78.4 cm³/mol. The second-order valence-corrected chi connectivity index (χ2v) is 6.40. The topological polar surface area (TPSA) is 46.3 Å². The molecule has 0 aromatic heterocycles. The van der Waals surface area contributed by atoms with Crippen LogP contribution in [0.4, 0.5) is 0 Å². The van der Waals surface area contributed by atoms with Crippen LogP contribution in [0.5, 0.6) is 0 Å². The molecule has 18 heavy (non-hydrogen) atoms. The minimum atomic E-state index is -0.257. The summed E-state index contributed by atoms with van der Waals surface area (Å²) in [5.74, 6) is 0.774. The van der Waals surface area contributed by atoms with Gasteiger partial charge >= 0.3 is 0 Å². The molecular formula is C15H32N2O. The van der Waals surface area contributed by atoms with Gasteiger partial charge in [0.15, 0.2) is 0 Å². The van der Waals surface area contributed by atoms with Crippen LogP contribution in [-0.2, 0) is 4.79 Å². The Labute approximate surface area is 113 Å². The average Bonchev–Trinajstić information content (AvgIpc) is 2.24. The fraction of sp³-hybridized carbons (Fsp3) is 0.933. The largest absolute Gasteiger partial charge is 0.339 e. The smallest absolute Gasteiger partial charge is 0.222 e. The summed E-state index contributed by atoms with van der Waals surface area (Å²) >= 11 is 0. The number of nitrogens with two attached hydrogens (primary N) is 1. The fourth-order valence-electron chi connectivity index (χ4n) is 2.15. The molecule has 0 saturated carbocycles. The standard InChI is InChI=1S/C15H32N2O/c1-7-13(8-2)17(11-12(3)4)14(18)9-10-15(5,6)16/h12-13H,7-11,16H2,1-6H3. The summed E-state index contributed by atoms with van der Waals surface area (Å²) in [6, 6.07) is 0.376. The molecule has 0 aliphatic carbocycles. The molecule has 2 N–H and O–H groups in total. The van der Waals surface area contributed by atoms with E-state index in [0.29, 0.717) is 18.4 Å². The van der Waals surface area contributed by atoms with Crippen LogP contribution in [0.2, 0.25) is 0 Å². The second kappa shape index (κ2) is 7.78. The van der Waals surface area contributed by atoms with Gasteiger partial charge in [0.25, 0.3) is 0 Å². The second-order valence-electron chi connectivity index (χ2n) is 6.40. The Balaban J connectivity index is 4.59. The maximum absolute atomic E-state index is 12.4. The molecule has 0 saturated heterocycles. The first-order valence-electron chi connectivity index (χ1n) is 7.29. The lowest BCUT2D eigenvalue weighted by Gasteiger charge is -2.33. The highest BCUT2D eigenvalue weighted by molar-refractivity contribution is 5.76. The van der Waals surface area contributed by atoms with E-state index in [1.54, 1.807) is 0 Å². The van der Waals surface area contributed by atoms with E-state index in [2.05, 4.69) is 32.6 Å². The number of amides is 1. The lowest BCUT2D eigenvalue weighted by Crippen LogP contribution is -2.43. The Kier molecular flexibility index (Phi) is 7.53. The van der Waals surface area contributed by atoms with Crippen molar-refractivity contribution in [3.05, 3.63) is 0 Å². The van der Waals surface area contributed by atoms with Crippen LogP contribution in [0.25, 0.3) is 0 Å². The van der Waals surface area contributed by atoms with Gasteiger partial charge < -0.3 is 10.6 Å². The van der Waals surface area contributed by atoms with Crippen LogP contribution < -0.4 is 5.73 Å². The Morgan fingerprint density at radius 1 is 1.22 bits per heavy atom. The number of carbonyl (C=O) groups is 1. The summed E-state index contributed by atoms with van der Waals surface area (Å²) in [7, 11) is 0. The van der Waals surface area contributed by atoms with Crippen LogP contribution in [0.1, 0.15) is 67.2 Å². The van der Waals surface area contributed by atoms with Crippen molar-refractivity contribution >= 4 is 5.91 Å². The van der Waals surface area contributed by atoms with Crippen molar-refractivity contribution in [2.45, 2.75) is 78.8 Å². The SMILES string of the molecule is CCC(CC)N(CC(C)C)C(=O)CCC(C)(C)N. The molecule has 0 atom stereocenters. The third-order valence-corrected chi connectivity index (χ3v) is 3.25. The van der Waals surface area contributed by atoms with E-state index in [9.17, 15) is 4.79 Å². The van der Waals surface area contributed by atoms with Crippen molar-refractivity contribution in [2.24, 2.45) is 11.7 Å². The summed E-state index contributed by atoms with van der Waals surface area (Å²) in [5, 5.41) is 0. The zero-order valence-electron chi connectivity index (χ0n) is 13.1. The van der Waals surface area contributed by atoms with Gasteiger partial charge in [-0.2, -0.15) is 0 Å². The molecule has 0 rings (SSSR count). The van der Waals surface area contributed by atoms with Gasteiger partial charge in [0.1, 0.15) is 0 Å². The third kappa shape index (κ3) is 7.00. The summed E-state index contributed by atoms with van der Waals surface area (Å²) in [6.07, 6.45) is 3.37. The Hall–Kier alpha value is -0.570. The molecule has 3 heteroatoms. The van der Waals surface area contributed by atoms with Gasteiger partial charge in [-0.05, 0) is 39.0 Å². The number of rotatable bonds is 8. The zero-order chi connectivity index (χ0) is 14.3. The van der Waals surface area contributed by atoms with E-state index in [0.717, 1.165) is 25.8 Å². The summed E-state index contributed by atoms with van der Waals surface area (Å²) in [4.78, 5) is 14.4. The first-order chi connectivity index (χ1) is 8.21. The molecule has 0 heterocycles. The monoisotopic (exact) mass is 256 g/mol. The lowest BCUT2D eigenvalue weighted by molar-refractivity contribution is -0.134. The van der Waals surface area contributed by atoms with E-state index >= 15 is 0 Å². The number of hydrogen-bond donors (Lipinski definition) is 1. The summed E-state index contributed by atoms with van der Waals surface area (Å²) in [5.41, 5.74) is 5.70. The van der Waals surface area contributed by atoms with Crippen LogP contribution >= 0.6 is 0 Å². The van der Waals surface area contributed by atoms with Gasteiger partial charge in [-0.3, -0.25) is 4.79 Å². The zero-order valence-corrected chi connectivity index (χ0v) is 13.1. The van der Waals surface area contributed by atoms with Gasteiger partial charge in [-0.25, -0.2) is 0 Å². The maximum atomic E-state index is 12.4. The van der Waals surface area contributed by atoms with E-state index in [-0.39, 0.29) is 11.4 Å². The average molecular weight is 256 g/mol. The van der Waals surface area contributed by atoms with Crippen molar-refractivity contribution in [3.8, 4) is 0 Å². The third-order valence-electron chi connectivity index (χ3n) is 3.25. The fourth-order valence-corrected chi connectivity index (χ4v) is 2.15. The molecule has 3 nitrogen and oxygen atoms in total. The first kappa shape index (κ1) is 17.4. The highest BCUT2D eigenvalue weighted by atomic mass is 16.2. The van der Waals surface area contributed by atoms with Gasteiger partial charge in [-0.1, -0.05) is 27.7 Å². The highest BCUT2D eigenvalue weighted by Crippen LogP contribution is 2.16. The Morgan fingerprint density at radius 3 is 2.06 bits per heavy atom. The Bertz CT molecular complexity index is 239. The number of nitrogens with zero attached hydrogens (tertiary/aromatic N) is 1. The van der Waals surface area contributed by atoms with Crippen molar-refractivity contribution in [2.75, 3.05) is 6.54 Å². The van der Waals surface area contributed by atoms with E-state index in [1.165, 1.54) is 0 Å². The normalized spacial score (nSPS) is 12.3. The van der Waals surface area contributed by atoms with Crippen molar-refractivity contribution in [3.63, 3.8) is 0 Å². The summed E-state index contributed by atoms with van der Waals surface area (Å²) in [6.45, 7) is 13.4. The van der Waals surface area contributed by atoms with E-state index in [1.807, 2.05) is 13.8 Å². The maximum Gasteiger partial charge on any atom is 0.222 e. The van der Waals surface area contributed by atoms with Gasteiger partial charge in [0, 0.05) is 24.5 Å². The van der Waals surface area contributed by atoms with Gasteiger partial charge in [0.05, 0.1) is 0 Å². The quantitative estimate of drug-likeness (QED) is 0.725. The van der Waals surface area contributed by atoms with Crippen molar-refractivity contribution < 1.29 is 4.79 Å². The van der Waals surface area contributed by atoms with E-state index < -0.39 is 0 Å². The van der Waals surface area contributed by atoms with Crippen LogP contribution in [0.15, 0.2) is 0 Å². The number of carbonyl (C=O) groups excluding carboxylic acids is 1. The molecule has 0 bridgehead atoms. The molecule has 0 aromatic carbocycles. The molecule has 0 fully saturated rings. The minimum Gasteiger partial charge on any atom is -0.339 e. The molecule has 0 unspecified atom stereocenters. The molecule has 0 aliphatic heterocycles. The lowest BCUT2D eigenvalue weighted by atomic mass is 9.98. The minimum absolute atomic E-state index is 0.257. The van der Waals surface area contributed by atoms with Gasteiger partial charge in [0.2, 0.25) is 5.91 Å². The van der Waals surface area contributed by atoms with Crippen molar-refractivity contribution in [1.29, 1.82) is 0 Å². The molecule has 0 aliphatic rings. The van der Waals surface area contributed by atoms with Crippen LogP contribution in [0, 0.1) is 5.92 Å². The van der Waals surface area contributed by atoms with E-state index in [4.69, 9.17) is 5.73 Å². The predicted octanol–water partition coefficient (Wildman–Crippen LogP) is 3.18. The number of hydrogen-bond acceptors (Lipinski definition) is 2.